The number of halogens is 2. The number of para-hydroxylation sites is 4. The molecule has 312 valence electrons. The molecule has 0 amide bonds. The van der Waals surface area contributed by atoms with Crippen molar-refractivity contribution < 1.29 is 65.6 Å². The molecule has 0 saturated carbocycles. The van der Waals surface area contributed by atoms with Crippen molar-refractivity contribution in [3.63, 3.8) is 0 Å². The van der Waals surface area contributed by atoms with Crippen molar-refractivity contribution in [2.75, 3.05) is 75.6 Å². The number of guanidine groups is 4. The average molecular weight is 1000 g/mol. The smallest absolute Gasteiger partial charge is 1.00 e. The van der Waals surface area contributed by atoms with Gasteiger partial charge in [-0.15, -0.1) is 0 Å². The summed E-state index contributed by atoms with van der Waals surface area (Å²) in [4.78, 5) is 16.2. The van der Waals surface area contributed by atoms with E-state index in [0.717, 1.165) is 22.7 Å². The van der Waals surface area contributed by atoms with Crippen LogP contribution in [0.5, 0.6) is 0 Å². The summed E-state index contributed by atoms with van der Waals surface area (Å²) >= 11 is 0. The number of hydrogen-bond acceptors (Lipinski definition) is 8. The largest absolute Gasteiger partial charge is 2.00 e. The molecule has 0 unspecified atom stereocenters. The Kier molecular flexibility index (Phi) is 28.2. The molecule has 4 aromatic rings. The minimum absolute atomic E-state index is 0. The van der Waals surface area contributed by atoms with E-state index in [1.807, 2.05) is 131 Å². The molecule has 2 saturated heterocycles. The third-order valence-corrected chi connectivity index (χ3v) is 7.53. The van der Waals surface area contributed by atoms with E-state index in [0.29, 0.717) is 64.5 Å². The molecule has 0 radical (unpaired) electrons. The third-order valence-electron chi connectivity index (χ3n) is 7.53. The van der Waals surface area contributed by atoms with Crippen LogP contribution >= 0.6 is 0 Å². The number of aliphatic hydroxyl groups excluding tert-OH is 2. The van der Waals surface area contributed by atoms with E-state index in [4.69, 9.17) is 42.0 Å². The Morgan fingerprint density at radius 1 is 0.561 bits per heavy atom. The number of nitrogens with two attached hydrogens (primary N) is 2. The van der Waals surface area contributed by atoms with Crippen molar-refractivity contribution in [1.29, 1.82) is 10.8 Å². The Hall–Kier alpha value is -4.53. The van der Waals surface area contributed by atoms with E-state index in [2.05, 4.69) is 9.98 Å². The third kappa shape index (κ3) is 18.1. The van der Waals surface area contributed by atoms with Crippen LogP contribution in [0.4, 0.5) is 22.7 Å². The summed E-state index contributed by atoms with van der Waals surface area (Å²) in [5.74, 6) is 1.15. The molecule has 0 spiro atoms. The molecule has 0 atom stereocenters. The van der Waals surface area contributed by atoms with Gasteiger partial charge in [-0.1, -0.05) is 72.8 Å². The topological polar surface area (TPSA) is 196 Å². The maximum atomic E-state index is 8.61. The number of aliphatic hydroxyl groups is 2. The first-order valence-corrected chi connectivity index (χ1v) is 17.9. The molecular weight excluding hydrogens is 950 g/mol. The predicted octanol–water partition coefficient (Wildman–Crippen LogP) is -1.18. The van der Waals surface area contributed by atoms with Gasteiger partial charge in [0.25, 0.3) is 0 Å². The fourth-order valence-corrected chi connectivity index (χ4v) is 5.08. The van der Waals surface area contributed by atoms with Gasteiger partial charge in [-0.2, -0.15) is 0 Å². The van der Waals surface area contributed by atoms with Crippen molar-refractivity contribution in [3.05, 3.63) is 121 Å². The van der Waals surface area contributed by atoms with E-state index in [1.165, 1.54) is 0 Å². The molecule has 14 nitrogen and oxygen atoms in total. The van der Waals surface area contributed by atoms with Crippen LogP contribution < -0.4 is 46.1 Å². The van der Waals surface area contributed by atoms with E-state index in [9.17, 15) is 0 Å². The molecule has 2 aliphatic rings. The maximum absolute atomic E-state index is 8.61. The summed E-state index contributed by atoms with van der Waals surface area (Å²) in [6, 6.07) is 38.3. The molecule has 4 aromatic carbocycles. The van der Waals surface area contributed by atoms with Gasteiger partial charge < -0.3 is 65.8 Å². The molecule has 57 heavy (non-hydrogen) atoms. The molecular formula is C40H54Cl2N10O4Pt. The molecule has 2 aliphatic heterocycles. The van der Waals surface area contributed by atoms with Crippen LogP contribution in [0.1, 0.15) is 13.8 Å². The minimum atomic E-state index is 0. The molecule has 2 fully saturated rings. The molecule has 0 bridgehead atoms. The van der Waals surface area contributed by atoms with Gasteiger partial charge in [-0.3, -0.25) is 20.6 Å². The van der Waals surface area contributed by atoms with Gasteiger partial charge >= 0.3 is 21.1 Å². The van der Waals surface area contributed by atoms with E-state index in [-0.39, 0.29) is 71.0 Å². The quantitative estimate of drug-likeness (QED) is 0.107. The van der Waals surface area contributed by atoms with Gasteiger partial charge in [0.1, 0.15) is 0 Å². The average Bonchev–Trinajstić information content (AvgIpc) is 3.21. The van der Waals surface area contributed by atoms with Crippen molar-refractivity contribution in [2.45, 2.75) is 13.8 Å². The zero-order valence-corrected chi connectivity index (χ0v) is 36.0. The standard InChI is InChI=1S/2C18H21N5O.2C2H6O.2ClH.Pt/c2*19-17(21-15-7-3-1-4-8-15)23(16-9-5-2-6-10-16)18(20)22-11-13-24-14-12-22;2*1-2-3;;;/h2*1-10,20H,11-14H2,(H2,19,21);2*3H,2H2,1H3;2*1H;/q;;;;;;+2/p-2. The van der Waals surface area contributed by atoms with Crippen LogP contribution in [0.15, 0.2) is 131 Å². The summed E-state index contributed by atoms with van der Waals surface area (Å²) in [7, 11) is 0. The summed E-state index contributed by atoms with van der Waals surface area (Å²) < 4.78 is 10.7. The van der Waals surface area contributed by atoms with Crippen molar-refractivity contribution >= 4 is 46.6 Å². The summed E-state index contributed by atoms with van der Waals surface area (Å²) in [5, 5.41) is 32.4. The molecule has 6 rings (SSSR count). The normalized spacial score (nSPS) is 13.4. The van der Waals surface area contributed by atoms with Gasteiger partial charge in [0.2, 0.25) is 23.8 Å². The zero-order valence-electron chi connectivity index (χ0n) is 32.2. The Bertz CT molecular complexity index is 1580. The monoisotopic (exact) mass is 1000 g/mol. The van der Waals surface area contributed by atoms with Gasteiger partial charge in [-0.25, -0.2) is 9.98 Å². The van der Waals surface area contributed by atoms with E-state index in [1.54, 1.807) is 23.6 Å². The second kappa shape index (κ2) is 30.6. The van der Waals surface area contributed by atoms with Crippen LogP contribution in [0, 0.1) is 10.8 Å². The number of ether oxygens (including phenoxy) is 2. The zero-order chi connectivity index (χ0) is 39.0. The Morgan fingerprint density at radius 2 is 0.807 bits per heavy atom. The molecule has 8 N–H and O–H groups in total. The number of aliphatic imine (C=N–C) groups is 2. The van der Waals surface area contributed by atoms with Crippen LogP contribution in [0.2, 0.25) is 0 Å². The minimum Gasteiger partial charge on any atom is -1.00 e. The van der Waals surface area contributed by atoms with Crippen LogP contribution in [0.25, 0.3) is 0 Å². The number of anilines is 2. The SMILES string of the molecule is CCO.CCO.N=C(N1CCOCC1)N(C(N)=Nc1ccccc1)c1ccccc1.N=C(N1CCOCC1)N(C(N)=Nc1ccccc1)c1ccccc1.[Cl-].[Cl-].[Pt+2]. The first-order chi connectivity index (χ1) is 26.3. The number of rotatable bonds is 4. The van der Waals surface area contributed by atoms with Crippen molar-refractivity contribution in [3.8, 4) is 0 Å². The Labute approximate surface area is 363 Å². The van der Waals surface area contributed by atoms with Gasteiger partial charge in [-0.05, 0) is 62.4 Å². The summed E-state index contributed by atoms with van der Waals surface area (Å²) in [6.45, 7) is 8.98. The maximum Gasteiger partial charge on any atom is 2.00 e. The van der Waals surface area contributed by atoms with Crippen molar-refractivity contribution in [2.24, 2.45) is 21.5 Å². The van der Waals surface area contributed by atoms with Gasteiger partial charge in [0.15, 0.2) is 0 Å². The van der Waals surface area contributed by atoms with E-state index >= 15 is 0 Å². The Morgan fingerprint density at radius 3 is 1.07 bits per heavy atom. The first-order valence-electron chi connectivity index (χ1n) is 17.9. The first kappa shape index (κ1) is 52.5. The number of hydrogen-bond donors (Lipinski definition) is 6. The number of benzene rings is 4. The van der Waals surface area contributed by atoms with Crippen LogP contribution in [-0.2, 0) is 30.5 Å². The number of nitrogens with one attached hydrogen (secondary N) is 2. The summed E-state index contributed by atoms with van der Waals surface area (Å²) in [5.41, 5.74) is 15.7. The summed E-state index contributed by atoms with van der Waals surface area (Å²) in [6.07, 6.45) is 0. The van der Waals surface area contributed by atoms with Gasteiger partial charge in [0, 0.05) is 39.4 Å². The Balaban J connectivity index is 0.000000924. The second-order valence-electron chi connectivity index (χ2n) is 11.4. The van der Waals surface area contributed by atoms with Gasteiger partial charge in [0.05, 0.1) is 49.2 Å². The molecule has 2 heterocycles. The number of morpholine rings is 2. The van der Waals surface area contributed by atoms with E-state index < -0.39 is 0 Å². The van der Waals surface area contributed by atoms with Crippen molar-refractivity contribution in [1.82, 2.24) is 9.80 Å². The predicted molar refractivity (Wildman–Crippen MR) is 219 cm³/mol. The second-order valence-corrected chi connectivity index (χ2v) is 11.4. The number of nitrogens with zero attached hydrogens (tertiary/aromatic N) is 6. The fraction of sp³-hybridized carbons (Fsp3) is 0.300. The molecule has 0 aromatic heterocycles. The van der Waals surface area contributed by atoms with Crippen LogP contribution in [-0.4, -0.2) is 110 Å². The fourth-order valence-electron chi connectivity index (χ4n) is 5.08. The van der Waals surface area contributed by atoms with Crippen LogP contribution in [0.3, 0.4) is 0 Å². The molecule has 17 heteroatoms. The molecule has 0 aliphatic carbocycles.